The summed E-state index contributed by atoms with van der Waals surface area (Å²) >= 11 is 0. The Morgan fingerprint density at radius 2 is 1.66 bits per heavy atom. The maximum atomic E-state index is 12.4. The molecule has 156 valence electrons. The molecule has 2 aromatic carbocycles. The molecule has 0 saturated carbocycles. The minimum Gasteiger partial charge on any atom is -0.493 e. The number of amides is 1. The van der Waals surface area contributed by atoms with Crippen molar-refractivity contribution in [2.24, 2.45) is 0 Å². The zero-order valence-corrected chi connectivity index (χ0v) is 17.2. The molecule has 0 aliphatic heterocycles. The Hall–Kier alpha value is -3.22. The number of carbonyl (C=O) groups is 2. The standard InChI is InChI=1S/C22H27NO6/c1-5-28-19-14-16(22(25)29-6-2)9-10-17(19)23-21(24)12-8-15-7-11-18(26-3)20(13-15)27-4/h7,9-11,13-14H,5-6,8,12H2,1-4H3,(H,23,24). The molecule has 0 spiro atoms. The Kier molecular flexibility index (Phi) is 8.33. The van der Waals surface area contributed by atoms with Gasteiger partial charge < -0.3 is 24.3 Å². The van der Waals surface area contributed by atoms with E-state index in [-0.39, 0.29) is 18.9 Å². The van der Waals surface area contributed by atoms with Gasteiger partial charge in [0, 0.05) is 6.42 Å². The number of carbonyl (C=O) groups excluding carboxylic acids is 2. The van der Waals surface area contributed by atoms with E-state index in [1.807, 2.05) is 25.1 Å². The molecule has 0 aromatic heterocycles. The van der Waals surface area contributed by atoms with Crippen molar-refractivity contribution in [2.75, 3.05) is 32.8 Å². The Balaban J connectivity index is 2.05. The summed E-state index contributed by atoms with van der Waals surface area (Å²) in [6, 6.07) is 10.4. The summed E-state index contributed by atoms with van der Waals surface area (Å²) in [7, 11) is 3.15. The van der Waals surface area contributed by atoms with Gasteiger partial charge in [-0.1, -0.05) is 6.07 Å². The zero-order chi connectivity index (χ0) is 21.2. The van der Waals surface area contributed by atoms with Gasteiger partial charge in [-0.15, -0.1) is 0 Å². The molecule has 0 unspecified atom stereocenters. The molecule has 7 nitrogen and oxygen atoms in total. The van der Waals surface area contributed by atoms with E-state index in [0.717, 1.165) is 5.56 Å². The SMILES string of the molecule is CCOC(=O)c1ccc(NC(=O)CCc2ccc(OC)c(OC)c2)c(OCC)c1. The quantitative estimate of drug-likeness (QED) is 0.609. The normalized spacial score (nSPS) is 10.2. The lowest BCUT2D eigenvalue weighted by atomic mass is 10.1. The molecular weight excluding hydrogens is 374 g/mol. The number of benzene rings is 2. The van der Waals surface area contributed by atoms with Gasteiger partial charge in [-0.05, 0) is 56.2 Å². The molecule has 0 fully saturated rings. The molecule has 29 heavy (non-hydrogen) atoms. The third-order valence-electron chi connectivity index (χ3n) is 4.16. The van der Waals surface area contributed by atoms with Crippen molar-refractivity contribution in [3.8, 4) is 17.2 Å². The van der Waals surface area contributed by atoms with Crippen molar-refractivity contribution >= 4 is 17.6 Å². The van der Waals surface area contributed by atoms with Crippen molar-refractivity contribution in [3.05, 3.63) is 47.5 Å². The Morgan fingerprint density at radius 1 is 0.897 bits per heavy atom. The summed E-state index contributed by atoms with van der Waals surface area (Å²) < 4.78 is 21.1. The molecule has 0 heterocycles. The lowest BCUT2D eigenvalue weighted by Crippen LogP contribution is -2.14. The van der Waals surface area contributed by atoms with Gasteiger partial charge in [-0.25, -0.2) is 4.79 Å². The number of anilines is 1. The number of hydrogen-bond donors (Lipinski definition) is 1. The summed E-state index contributed by atoms with van der Waals surface area (Å²) in [4.78, 5) is 24.3. The number of ether oxygens (including phenoxy) is 4. The van der Waals surface area contributed by atoms with Crippen molar-refractivity contribution in [3.63, 3.8) is 0 Å². The van der Waals surface area contributed by atoms with Crippen molar-refractivity contribution in [1.29, 1.82) is 0 Å². The molecule has 0 aliphatic carbocycles. The number of nitrogens with one attached hydrogen (secondary N) is 1. The third-order valence-corrected chi connectivity index (χ3v) is 4.16. The van der Waals surface area contributed by atoms with E-state index in [9.17, 15) is 9.59 Å². The summed E-state index contributed by atoms with van der Waals surface area (Å²) in [5.74, 6) is 1.10. The van der Waals surface area contributed by atoms with Crippen LogP contribution in [-0.2, 0) is 16.0 Å². The van der Waals surface area contributed by atoms with Crippen molar-refractivity contribution in [2.45, 2.75) is 26.7 Å². The second kappa shape index (κ2) is 10.9. The smallest absolute Gasteiger partial charge is 0.338 e. The van der Waals surface area contributed by atoms with Crippen LogP contribution in [0, 0.1) is 0 Å². The molecule has 0 saturated heterocycles. The number of aryl methyl sites for hydroxylation is 1. The van der Waals surface area contributed by atoms with E-state index in [1.165, 1.54) is 0 Å². The predicted octanol–water partition coefficient (Wildman–Crippen LogP) is 3.85. The molecule has 1 N–H and O–H groups in total. The highest BCUT2D eigenvalue weighted by molar-refractivity contribution is 5.95. The first kappa shape index (κ1) is 22.1. The first-order valence-electron chi connectivity index (χ1n) is 9.47. The Bertz CT molecular complexity index is 849. The number of rotatable bonds is 10. The molecule has 0 aliphatic rings. The average Bonchev–Trinajstić information content (AvgIpc) is 2.73. The molecule has 7 heteroatoms. The van der Waals surface area contributed by atoms with Crippen LogP contribution in [-0.4, -0.2) is 39.3 Å². The largest absolute Gasteiger partial charge is 0.493 e. The summed E-state index contributed by atoms with van der Waals surface area (Å²) in [6.07, 6.45) is 0.817. The summed E-state index contributed by atoms with van der Waals surface area (Å²) in [5.41, 5.74) is 1.84. The monoisotopic (exact) mass is 401 g/mol. The van der Waals surface area contributed by atoms with E-state index < -0.39 is 5.97 Å². The predicted molar refractivity (Wildman–Crippen MR) is 110 cm³/mol. The van der Waals surface area contributed by atoms with Crippen LogP contribution in [0.15, 0.2) is 36.4 Å². The van der Waals surface area contributed by atoms with Gasteiger partial charge in [0.15, 0.2) is 11.5 Å². The summed E-state index contributed by atoms with van der Waals surface area (Å²) in [6.45, 7) is 4.27. The average molecular weight is 401 g/mol. The highest BCUT2D eigenvalue weighted by Crippen LogP contribution is 2.29. The Morgan fingerprint density at radius 3 is 2.31 bits per heavy atom. The van der Waals surface area contributed by atoms with E-state index >= 15 is 0 Å². The van der Waals surface area contributed by atoms with E-state index in [1.54, 1.807) is 39.3 Å². The minimum atomic E-state index is -0.431. The fraction of sp³-hybridized carbons (Fsp3) is 0.364. The van der Waals surface area contributed by atoms with Gasteiger partial charge in [-0.2, -0.15) is 0 Å². The highest BCUT2D eigenvalue weighted by atomic mass is 16.5. The van der Waals surface area contributed by atoms with E-state index in [0.29, 0.717) is 41.5 Å². The molecule has 0 radical (unpaired) electrons. The molecule has 0 atom stereocenters. The first-order valence-corrected chi connectivity index (χ1v) is 9.47. The van der Waals surface area contributed by atoms with Crippen molar-refractivity contribution < 1.29 is 28.5 Å². The molecule has 2 aromatic rings. The van der Waals surface area contributed by atoms with E-state index in [2.05, 4.69) is 5.32 Å². The first-order chi connectivity index (χ1) is 14.0. The van der Waals surface area contributed by atoms with Gasteiger partial charge >= 0.3 is 5.97 Å². The molecular formula is C22H27NO6. The highest BCUT2D eigenvalue weighted by Gasteiger charge is 2.14. The topological polar surface area (TPSA) is 83.1 Å². The molecule has 2 rings (SSSR count). The Labute approximate surface area is 170 Å². The third kappa shape index (κ3) is 6.14. The van der Waals surface area contributed by atoms with Gasteiger partial charge in [0.1, 0.15) is 5.75 Å². The number of esters is 1. The van der Waals surface area contributed by atoms with Crippen LogP contribution in [0.5, 0.6) is 17.2 Å². The second-order valence-corrected chi connectivity index (χ2v) is 6.10. The van der Waals surface area contributed by atoms with Crippen LogP contribution in [0.3, 0.4) is 0 Å². The number of methoxy groups -OCH3 is 2. The minimum absolute atomic E-state index is 0.162. The number of hydrogen-bond acceptors (Lipinski definition) is 6. The maximum Gasteiger partial charge on any atom is 0.338 e. The van der Waals surface area contributed by atoms with Gasteiger partial charge in [0.2, 0.25) is 5.91 Å². The maximum absolute atomic E-state index is 12.4. The molecule has 0 bridgehead atoms. The van der Waals surface area contributed by atoms with Crippen LogP contribution < -0.4 is 19.5 Å². The van der Waals surface area contributed by atoms with Crippen LogP contribution in [0.25, 0.3) is 0 Å². The van der Waals surface area contributed by atoms with Crippen LogP contribution >= 0.6 is 0 Å². The zero-order valence-electron chi connectivity index (χ0n) is 17.2. The van der Waals surface area contributed by atoms with Crippen molar-refractivity contribution in [1.82, 2.24) is 0 Å². The van der Waals surface area contributed by atoms with Crippen LogP contribution in [0.1, 0.15) is 36.2 Å². The van der Waals surface area contributed by atoms with Crippen LogP contribution in [0.4, 0.5) is 5.69 Å². The van der Waals surface area contributed by atoms with Gasteiger partial charge in [0.25, 0.3) is 0 Å². The van der Waals surface area contributed by atoms with Gasteiger partial charge in [0.05, 0.1) is 38.7 Å². The fourth-order valence-corrected chi connectivity index (χ4v) is 2.75. The van der Waals surface area contributed by atoms with Gasteiger partial charge in [-0.3, -0.25) is 4.79 Å². The van der Waals surface area contributed by atoms with E-state index in [4.69, 9.17) is 18.9 Å². The fourth-order valence-electron chi connectivity index (χ4n) is 2.75. The molecule has 1 amide bonds. The summed E-state index contributed by atoms with van der Waals surface area (Å²) in [5, 5.41) is 2.84. The van der Waals surface area contributed by atoms with Crippen LogP contribution in [0.2, 0.25) is 0 Å². The lowest BCUT2D eigenvalue weighted by molar-refractivity contribution is -0.116. The second-order valence-electron chi connectivity index (χ2n) is 6.10. The lowest BCUT2D eigenvalue weighted by Gasteiger charge is -2.13.